The molecule has 26 heavy (non-hydrogen) atoms. The predicted octanol–water partition coefficient (Wildman–Crippen LogP) is 2.08. The Bertz CT molecular complexity index is 665. The van der Waals surface area contributed by atoms with E-state index < -0.39 is 0 Å². The van der Waals surface area contributed by atoms with E-state index in [0.717, 1.165) is 18.1 Å². The van der Waals surface area contributed by atoms with Crippen LogP contribution in [0.4, 0.5) is 5.13 Å². The second-order valence-corrected chi connectivity index (χ2v) is 8.61. The van der Waals surface area contributed by atoms with Gasteiger partial charge in [-0.1, -0.05) is 24.2 Å². The third-order valence-electron chi connectivity index (χ3n) is 5.88. The Labute approximate surface area is 157 Å². The molecule has 1 aromatic rings. The molecular formula is C18H26N4O3S. The maximum Gasteiger partial charge on any atom is 0.229 e. The Morgan fingerprint density at radius 1 is 1.19 bits per heavy atom. The molecule has 0 spiro atoms. The number of fused-ring (bicyclic) bond motifs is 1. The van der Waals surface area contributed by atoms with Gasteiger partial charge in [-0.3, -0.25) is 14.5 Å². The first-order valence-corrected chi connectivity index (χ1v) is 10.5. The van der Waals surface area contributed by atoms with Gasteiger partial charge in [0.2, 0.25) is 16.9 Å². The molecule has 4 rings (SSSR count). The molecule has 2 amide bonds. The summed E-state index contributed by atoms with van der Waals surface area (Å²) in [6, 6.07) is 0. The van der Waals surface area contributed by atoms with Crippen LogP contribution in [0.5, 0.6) is 0 Å². The van der Waals surface area contributed by atoms with E-state index in [2.05, 4.69) is 10.2 Å². The molecular weight excluding hydrogens is 352 g/mol. The van der Waals surface area contributed by atoms with Crippen LogP contribution in [-0.2, 0) is 20.9 Å². The van der Waals surface area contributed by atoms with Crippen LogP contribution in [0.15, 0.2) is 0 Å². The number of hydrogen-bond acceptors (Lipinski definition) is 6. The number of likely N-dealkylation sites (tertiary alicyclic amines) is 1. The fourth-order valence-electron chi connectivity index (χ4n) is 4.50. The average Bonchev–Trinajstić information content (AvgIpc) is 3.36. The molecule has 3 aliphatic rings. The van der Waals surface area contributed by atoms with Gasteiger partial charge in [0.1, 0.15) is 11.6 Å². The van der Waals surface area contributed by atoms with Crippen LogP contribution < -0.4 is 4.90 Å². The lowest BCUT2D eigenvalue weighted by Crippen LogP contribution is -2.36. The van der Waals surface area contributed by atoms with Gasteiger partial charge in [0.15, 0.2) is 0 Å². The maximum absolute atomic E-state index is 13.0. The third kappa shape index (κ3) is 3.49. The van der Waals surface area contributed by atoms with Crippen molar-refractivity contribution in [1.29, 1.82) is 0 Å². The number of ether oxygens (including phenoxy) is 1. The van der Waals surface area contributed by atoms with Crippen LogP contribution in [0.25, 0.3) is 0 Å². The summed E-state index contributed by atoms with van der Waals surface area (Å²) in [5.41, 5.74) is 0. The summed E-state index contributed by atoms with van der Waals surface area (Å²) in [5.74, 6) is 1.21. The topological polar surface area (TPSA) is 75.6 Å². The van der Waals surface area contributed by atoms with Crippen LogP contribution in [0.1, 0.15) is 44.0 Å². The van der Waals surface area contributed by atoms with Gasteiger partial charge in [-0.2, -0.15) is 0 Å². The SMILES string of the molecule is CCOCc1nnc(N2CC(C(=O)N3C[C@H]4CCCC[C@H]4C3)CC2=O)s1. The molecule has 0 radical (unpaired) electrons. The van der Waals surface area contributed by atoms with Gasteiger partial charge < -0.3 is 9.64 Å². The quantitative estimate of drug-likeness (QED) is 0.784. The lowest BCUT2D eigenvalue weighted by molar-refractivity contribution is -0.135. The van der Waals surface area contributed by atoms with Crippen molar-refractivity contribution >= 4 is 28.3 Å². The Hall–Kier alpha value is -1.54. The summed E-state index contributed by atoms with van der Waals surface area (Å²) in [5, 5.41) is 9.54. The summed E-state index contributed by atoms with van der Waals surface area (Å²) in [4.78, 5) is 29.0. The fourth-order valence-corrected chi connectivity index (χ4v) is 5.31. The molecule has 3 heterocycles. The van der Waals surface area contributed by atoms with Crippen molar-refractivity contribution in [2.24, 2.45) is 17.8 Å². The lowest BCUT2D eigenvalue weighted by Gasteiger charge is -2.22. The lowest BCUT2D eigenvalue weighted by atomic mass is 9.82. The molecule has 142 valence electrons. The minimum Gasteiger partial charge on any atom is -0.374 e. The van der Waals surface area contributed by atoms with Crippen LogP contribution >= 0.6 is 11.3 Å². The number of aromatic nitrogens is 2. The molecule has 1 unspecified atom stereocenters. The van der Waals surface area contributed by atoms with Gasteiger partial charge in [-0.15, -0.1) is 10.2 Å². The highest BCUT2D eigenvalue weighted by Gasteiger charge is 2.42. The van der Waals surface area contributed by atoms with Gasteiger partial charge in [0.05, 0.1) is 5.92 Å². The number of anilines is 1. The highest BCUT2D eigenvalue weighted by Crippen LogP contribution is 2.37. The van der Waals surface area contributed by atoms with Crippen LogP contribution in [0, 0.1) is 17.8 Å². The monoisotopic (exact) mass is 378 g/mol. The van der Waals surface area contributed by atoms with Crippen LogP contribution in [0.3, 0.4) is 0 Å². The smallest absolute Gasteiger partial charge is 0.229 e. The van der Waals surface area contributed by atoms with E-state index in [1.807, 2.05) is 11.8 Å². The van der Waals surface area contributed by atoms with Gasteiger partial charge in [-0.25, -0.2) is 0 Å². The van der Waals surface area contributed by atoms with E-state index in [1.54, 1.807) is 4.90 Å². The number of amides is 2. The fraction of sp³-hybridized carbons (Fsp3) is 0.778. The summed E-state index contributed by atoms with van der Waals surface area (Å²) in [7, 11) is 0. The Balaban J connectivity index is 1.38. The van der Waals surface area contributed by atoms with E-state index in [-0.39, 0.29) is 24.2 Å². The number of rotatable bonds is 5. The Kier molecular flexibility index (Phi) is 5.22. The molecule has 7 nitrogen and oxygen atoms in total. The molecule has 3 fully saturated rings. The van der Waals surface area contributed by atoms with E-state index >= 15 is 0 Å². The minimum atomic E-state index is -0.248. The van der Waals surface area contributed by atoms with Gasteiger partial charge in [-0.05, 0) is 31.6 Å². The van der Waals surface area contributed by atoms with Crippen molar-refractivity contribution in [3.05, 3.63) is 5.01 Å². The van der Waals surface area contributed by atoms with Crippen molar-refractivity contribution in [3.8, 4) is 0 Å². The van der Waals surface area contributed by atoms with Crippen molar-refractivity contribution in [1.82, 2.24) is 15.1 Å². The third-order valence-corrected chi connectivity index (χ3v) is 6.80. The van der Waals surface area contributed by atoms with E-state index in [1.165, 1.54) is 37.0 Å². The Morgan fingerprint density at radius 3 is 2.62 bits per heavy atom. The van der Waals surface area contributed by atoms with E-state index in [9.17, 15) is 9.59 Å². The van der Waals surface area contributed by atoms with Crippen molar-refractivity contribution in [3.63, 3.8) is 0 Å². The van der Waals surface area contributed by atoms with Gasteiger partial charge >= 0.3 is 0 Å². The van der Waals surface area contributed by atoms with Crippen LogP contribution in [-0.4, -0.2) is 53.2 Å². The second kappa shape index (κ2) is 7.60. The average molecular weight is 378 g/mol. The number of nitrogens with zero attached hydrogens (tertiary/aromatic N) is 4. The number of carbonyl (C=O) groups excluding carboxylic acids is 2. The normalized spacial score (nSPS) is 28.7. The first-order chi connectivity index (χ1) is 12.7. The standard InChI is InChI=1S/C18H26N4O3S/c1-2-25-11-15-19-20-18(26-15)22-10-14(7-16(22)23)17(24)21-8-12-5-3-4-6-13(12)9-21/h12-14H,2-11H2,1H3/t12-,13+,14?. The zero-order valence-corrected chi connectivity index (χ0v) is 16.0. The zero-order chi connectivity index (χ0) is 18.1. The molecule has 2 aliphatic heterocycles. The van der Waals surface area contributed by atoms with Crippen molar-refractivity contribution in [2.75, 3.05) is 31.1 Å². The largest absolute Gasteiger partial charge is 0.374 e. The second-order valence-electron chi connectivity index (χ2n) is 7.57. The molecule has 1 saturated carbocycles. The summed E-state index contributed by atoms with van der Waals surface area (Å²) >= 11 is 1.37. The highest BCUT2D eigenvalue weighted by molar-refractivity contribution is 7.15. The number of carbonyl (C=O) groups is 2. The first-order valence-electron chi connectivity index (χ1n) is 9.65. The van der Waals surface area contributed by atoms with Gasteiger partial charge in [0.25, 0.3) is 0 Å². The first kappa shape index (κ1) is 17.9. The molecule has 0 N–H and O–H groups in total. The highest BCUT2D eigenvalue weighted by atomic mass is 32.1. The van der Waals surface area contributed by atoms with E-state index in [4.69, 9.17) is 4.74 Å². The number of hydrogen-bond donors (Lipinski definition) is 0. The predicted molar refractivity (Wildman–Crippen MR) is 97.7 cm³/mol. The van der Waals surface area contributed by atoms with Gasteiger partial charge in [0, 0.05) is 32.7 Å². The summed E-state index contributed by atoms with van der Waals surface area (Å²) in [6.07, 6.45) is 5.36. The summed E-state index contributed by atoms with van der Waals surface area (Å²) in [6.45, 7) is 5.14. The van der Waals surface area contributed by atoms with Crippen molar-refractivity contribution < 1.29 is 14.3 Å². The zero-order valence-electron chi connectivity index (χ0n) is 15.2. The van der Waals surface area contributed by atoms with Crippen LogP contribution in [0.2, 0.25) is 0 Å². The Morgan fingerprint density at radius 2 is 1.92 bits per heavy atom. The molecule has 8 heteroatoms. The molecule has 1 aliphatic carbocycles. The summed E-state index contributed by atoms with van der Waals surface area (Å²) < 4.78 is 5.34. The molecule has 2 saturated heterocycles. The molecule has 3 atom stereocenters. The molecule has 0 aromatic carbocycles. The van der Waals surface area contributed by atoms with Crippen molar-refractivity contribution in [2.45, 2.75) is 45.6 Å². The minimum absolute atomic E-state index is 0.0286. The van der Waals surface area contributed by atoms with E-state index in [0.29, 0.717) is 36.7 Å². The molecule has 0 bridgehead atoms. The molecule has 1 aromatic heterocycles. The maximum atomic E-state index is 13.0.